The van der Waals surface area contributed by atoms with E-state index in [1.165, 1.54) is 11.1 Å². The summed E-state index contributed by atoms with van der Waals surface area (Å²) in [7, 11) is 2.02. The van der Waals surface area contributed by atoms with Crippen LogP contribution in [0.2, 0.25) is 0 Å². The van der Waals surface area contributed by atoms with E-state index >= 15 is 0 Å². The highest BCUT2D eigenvalue weighted by Gasteiger charge is 2.23. The van der Waals surface area contributed by atoms with E-state index in [0.29, 0.717) is 17.4 Å². The Hall–Kier alpha value is -3.95. The highest BCUT2D eigenvalue weighted by Crippen LogP contribution is 2.35. The van der Waals surface area contributed by atoms with Gasteiger partial charge in [0.1, 0.15) is 15.9 Å². The molecule has 0 spiro atoms. The summed E-state index contributed by atoms with van der Waals surface area (Å²) in [5.41, 5.74) is 13.9. The Balaban J connectivity index is 0.000000272. The molecule has 39 heavy (non-hydrogen) atoms. The molecule has 1 atom stereocenters. The molecule has 4 heterocycles. The first-order valence-electron chi connectivity index (χ1n) is 12.9. The summed E-state index contributed by atoms with van der Waals surface area (Å²) in [5.74, 6) is 1.20. The van der Waals surface area contributed by atoms with Gasteiger partial charge in [0.25, 0.3) is 0 Å². The Labute approximate surface area is 236 Å². The minimum Gasteiger partial charge on any atom is -0.383 e. The number of nitrogen functional groups attached to an aromatic ring is 1. The number of aromatic nitrogens is 5. The maximum absolute atomic E-state index is 10.1. The van der Waals surface area contributed by atoms with Crippen molar-refractivity contribution in [2.24, 2.45) is 0 Å². The number of halogens is 1. The van der Waals surface area contributed by atoms with E-state index in [4.69, 9.17) is 15.7 Å². The van der Waals surface area contributed by atoms with Gasteiger partial charge in [-0.2, -0.15) is 0 Å². The highest BCUT2D eigenvalue weighted by atomic mass is 79.9. The minimum atomic E-state index is 0.421. The summed E-state index contributed by atoms with van der Waals surface area (Å²) in [4.78, 5) is 27.8. The van der Waals surface area contributed by atoms with Gasteiger partial charge in [0.2, 0.25) is 0 Å². The Morgan fingerprint density at radius 1 is 1.08 bits per heavy atom. The largest absolute Gasteiger partial charge is 0.383 e. The lowest BCUT2D eigenvalue weighted by molar-refractivity contribution is 0.112. The summed E-state index contributed by atoms with van der Waals surface area (Å²) in [6.07, 6.45) is 6.21. The summed E-state index contributed by atoms with van der Waals surface area (Å²) in [6, 6.07) is 18.2. The second kappa shape index (κ2) is 12.7. The van der Waals surface area contributed by atoms with Crippen LogP contribution in [0.3, 0.4) is 0 Å². The first-order valence-corrected chi connectivity index (χ1v) is 13.7. The standard InChI is InChI=1S/C21H19BrN6.C7H7NO.C2H6/c1-24-16-7-4-12-11-13(5-6-14(12)16)28-20(15-3-2-10-25-19(15)23)26-17-8-9-18(22)27-21(17)28;1-6-2-3-7(5-9)4-8-6;1-2/h2-3,5-6,8-11,16,24H,4,7H2,1H3,(H2,23,25);2-5H,1H3;1-2H3. The molecule has 6 rings (SSSR count). The summed E-state index contributed by atoms with van der Waals surface area (Å²) < 4.78 is 2.84. The molecule has 1 aromatic carbocycles. The van der Waals surface area contributed by atoms with Crippen molar-refractivity contribution in [3.05, 3.63) is 94.0 Å². The monoisotopic (exact) mass is 585 g/mol. The van der Waals surface area contributed by atoms with E-state index in [1.807, 2.05) is 58.2 Å². The lowest BCUT2D eigenvalue weighted by Crippen LogP contribution is -2.12. The van der Waals surface area contributed by atoms with Crippen LogP contribution in [0.15, 0.2) is 71.6 Å². The Kier molecular flexibility index (Phi) is 9.16. The van der Waals surface area contributed by atoms with Crippen molar-refractivity contribution in [3.63, 3.8) is 0 Å². The highest BCUT2D eigenvalue weighted by molar-refractivity contribution is 9.10. The second-order valence-electron chi connectivity index (χ2n) is 8.80. The number of nitrogens with two attached hydrogens (primary N) is 1. The van der Waals surface area contributed by atoms with E-state index in [1.54, 1.807) is 18.5 Å². The van der Waals surface area contributed by atoms with Crippen molar-refractivity contribution in [1.82, 2.24) is 29.8 Å². The molecule has 8 nitrogen and oxygen atoms in total. The van der Waals surface area contributed by atoms with Crippen LogP contribution in [-0.4, -0.2) is 37.8 Å². The third kappa shape index (κ3) is 6.05. The average molecular weight is 587 g/mol. The molecule has 0 radical (unpaired) electrons. The number of fused-ring (bicyclic) bond motifs is 2. The fourth-order valence-electron chi connectivity index (χ4n) is 4.56. The smallest absolute Gasteiger partial charge is 0.166 e. The van der Waals surface area contributed by atoms with Gasteiger partial charge in [0.15, 0.2) is 17.8 Å². The van der Waals surface area contributed by atoms with Gasteiger partial charge in [-0.3, -0.25) is 14.3 Å². The van der Waals surface area contributed by atoms with E-state index in [2.05, 4.69) is 54.0 Å². The third-order valence-electron chi connectivity index (χ3n) is 6.43. The lowest BCUT2D eigenvalue weighted by Gasteiger charge is -2.13. The van der Waals surface area contributed by atoms with Crippen LogP contribution in [0, 0.1) is 6.92 Å². The van der Waals surface area contributed by atoms with Gasteiger partial charge in [-0.05, 0) is 102 Å². The molecule has 1 aliphatic rings. The van der Waals surface area contributed by atoms with Crippen LogP contribution in [0.4, 0.5) is 5.82 Å². The first-order chi connectivity index (χ1) is 19.0. The summed E-state index contributed by atoms with van der Waals surface area (Å²) in [6.45, 7) is 5.88. The van der Waals surface area contributed by atoms with Gasteiger partial charge < -0.3 is 11.1 Å². The predicted octanol–water partition coefficient (Wildman–Crippen LogP) is 6.26. The molecule has 1 aliphatic carbocycles. The van der Waals surface area contributed by atoms with Crippen LogP contribution in [0.1, 0.15) is 53.5 Å². The fourth-order valence-corrected chi connectivity index (χ4v) is 4.86. The number of hydrogen-bond acceptors (Lipinski definition) is 7. The Bertz CT molecular complexity index is 1580. The number of carbonyl (C=O) groups is 1. The molecule has 1 unspecified atom stereocenters. The number of benzene rings is 1. The molecule has 0 aliphatic heterocycles. The molecule has 0 bridgehead atoms. The number of pyridine rings is 3. The topological polar surface area (TPSA) is 112 Å². The van der Waals surface area contributed by atoms with Crippen molar-refractivity contribution in [2.75, 3.05) is 12.8 Å². The maximum Gasteiger partial charge on any atom is 0.166 e. The van der Waals surface area contributed by atoms with Crippen LogP contribution < -0.4 is 11.1 Å². The van der Waals surface area contributed by atoms with E-state index in [9.17, 15) is 4.79 Å². The van der Waals surface area contributed by atoms with Crippen LogP contribution in [0.5, 0.6) is 0 Å². The number of nitrogens with one attached hydrogen (secondary N) is 1. The maximum atomic E-state index is 10.1. The molecule has 5 aromatic rings. The zero-order chi connectivity index (χ0) is 27.9. The van der Waals surface area contributed by atoms with Crippen molar-refractivity contribution < 1.29 is 4.79 Å². The molecule has 3 N–H and O–H groups in total. The molecule has 0 amide bonds. The molecule has 4 aromatic heterocycles. The predicted molar refractivity (Wildman–Crippen MR) is 160 cm³/mol. The van der Waals surface area contributed by atoms with Gasteiger partial charge in [0.05, 0.1) is 5.56 Å². The van der Waals surface area contributed by atoms with Crippen molar-refractivity contribution in [1.29, 1.82) is 0 Å². The van der Waals surface area contributed by atoms with E-state index in [-0.39, 0.29) is 0 Å². The Morgan fingerprint density at radius 2 is 1.90 bits per heavy atom. The number of anilines is 1. The van der Waals surface area contributed by atoms with Gasteiger partial charge >= 0.3 is 0 Å². The quantitative estimate of drug-likeness (QED) is 0.189. The number of rotatable bonds is 4. The minimum absolute atomic E-state index is 0.421. The van der Waals surface area contributed by atoms with Crippen LogP contribution in [-0.2, 0) is 6.42 Å². The SMILES string of the molecule is CC.CNC1CCc2cc(-n3c(-c4cccnc4N)nc4ccc(Br)nc43)ccc21.Cc1ccc(C=O)cn1. The summed E-state index contributed by atoms with van der Waals surface area (Å²) >= 11 is 3.49. The lowest BCUT2D eigenvalue weighted by atomic mass is 10.1. The number of hydrogen-bond donors (Lipinski definition) is 2. The number of carbonyl (C=O) groups excluding carboxylic acids is 1. The summed E-state index contributed by atoms with van der Waals surface area (Å²) in [5, 5.41) is 3.39. The zero-order valence-corrected chi connectivity index (χ0v) is 24.1. The van der Waals surface area contributed by atoms with E-state index < -0.39 is 0 Å². The number of aldehydes is 1. The molecule has 0 fully saturated rings. The Morgan fingerprint density at radius 3 is 2.59 bits per heavy atom. The van der Waals surface area contributed by atoms with Gasteiger partial charge in [0, 0.05) is 35.4 Å². The number of nitrogens with zero attached hydrogens (tertiary/aromatic N) is 5. The fraction of sp³-hybridized carbons (Fsp3) is 0.233. The van der Waals surface area contributed by atoms with E-state index in [0.717, 1.165) is 57.7 Å². The van der Waals surface area contributed by atoms with Gasteiger partial charge in [-0.1, -0.05) is 19.9 Å². The number of imidazole rings is 1. The molecular formula is C30H32BrN7O. The average Bonchev–Trinajstić information content (AvgIpc) is 3.55. The van der Waals surface area contributed by atoms with Gasteiger partial charge in [-0.25, -0.2) is 15.0 Å². The molecule has 0 saturated carbocycles. The van der Waals surface area contributed by atoms with Gasteiger partial charge in [-0.15, -0.1) is 0 Å². The molecule has 0 saturated heterocycles. The van der Waals surface area contributed by atoms with Crippen molar-refractivity contribution >= 4 is 39.2 Å². The molecule has 200 valence electrons. The van der Waals surface area contributed by atoms with Crippen LogP contribution >= 0.6 is 15.9 Å². The molecule has 9 heteroatoms. The zero-order valence-electron chi connectivity index (χ0n) is 22.5. The second-order valence-corrected chi connectivity index (χ2v) is 9.61. The molecular weight excluding hydrogens is 554 g/mol. The first kappa shape index (κ1) is 28.1. The van der Waals surface area contributed by atoms with Crippen molar-refractivity contribution in [3.8, 4) is 17.1 Å². The van der Waals surface area contributed by atoms with Crippen LogP contribution in [0.25, 0.3) is 28.2 Å². The van der Waals surface area contributed by atoms with Crippen molar-refractivity contribution in [2.45, 2.75) is 39.7 Å². The number of aryl methyl sites for hydroxylation is 2. The third-order valence-corrected chi connectivity index (χ3v) is 6.87. The normalized spacial score (nSPS) is 13.6.